The Kier molecular flexibility index (Phi) is 3.39. The first-order valence-electron chi connectivity index (χ1n) is 4.64. The van der Waals surface area contributed by atoms with E-state index < -0.39 is 0 Å². The van der Waals surface area contributed by atoms with Gasteiger partial charge in [0, 0.05) is 21.1 Å². The van der Waals surface area contributed by atoms with Gasteiger partial charge >= 0.3 is 0 Å². The lowest BCUT2D eigenvalue weighted by molar-refractivity contribution is 0.945. The highest BCUT2D eigenvalue weighted by molar-refractivity contribution is 9.10. The van der Waals surface area contributed by atoms with Crippen LogP contribution in [0.15, 0.2) is 43.6 Å². The van der Waals surface area contributed by atoms with Gasteiger partial charge in [-0.3, -0.25) is 4.79 Å². The van der Waals surface area contributed by atoms with Crippen molar-refractivity contribution < 1.29 is 0 Å². The van der Waals surface area contributed by atoms with E-state index in [1.165, 1.54) is 17.8 Å². The van der Waals surface area contributed by atoms with Crippen molar-refractivity contribution in [2.45, 2.75) is 10.1 Å². The van der Waals surface area contributed by atoms with Crippen LogP contribution in [-0.4, -0.2) is 9.97 Å². The standard InChI is InChI=1S/C10H9BrN4OS/c11-5-1-2-7(6(12)3-5)17-10-14-8(13)4-9(16)15-10/h1-4H,12H2,(H3,13,14,15,16). The van der Waals surface area contributed by atoms with Crippen LogP contribution in [0.25, 0.3) is 0 Å². The average Bonchev–Trinajstić information content (AvgIpc) is 2.21. The first-order chi connectivity index (χ1) is 8.04. The summed E-state index contributed by atoms with van der Waals surface area (Å²) < 4.78 is 0.897. The second-order valence-electron chi connectivity index (χ2n) is 3.26. The molecule has 0 unspecified atom stereocenters. The molecule has 0 aliphatic heterocycles. The number of aromatic amines is 1. The maximum absolute atomic E-state index is 11.2. The van der Waals surface area contributed by atoms with Crippen molar-refractivity contribution >= 4 is 39.2 Å². The Morgan fingerprint density at radius 2 is 2.06 bits per heavy atom. The van der Waals surface area contributed by atoms with E-state index in [0.29, 0.717) is 10.8 Å². The summed E-state index contributed by atoms with van der Waals surface area (Å²) in [7, 11) is 0. The minimum atomic E-state index is -0.282. The van der Waals surface area contributed by atoms with E-state index in [1.807, 2.05) is 12.1 Å². The molecule has 2 rings (SSSR count). The van der Waals surface area contributed by atoms with E-state index in [9.17, 15) is 4.79 Å². The van der Waals surface area contributed by atoms with E-state index in [2.05, 4.69) is 25.9 Å². The fraction of sp³-hybridized carbons (Fsp3) is 0. The van der Waals surface area contributed by atoms with Crippen LogP contribution in [0.4, 0.5) is 11.5 Å². The quantitative estimate of drug-likeness (QED) is 0.580. The van der Waals surface area contributed by atoms with Crippen molar-refractivity contribution in [1.29, 1.82) is 0 Å². The number of aromatic nitrogens is 2. The molecule has 17 heavy (non-hydrogen) atoms. The molecule has 88 valence electrons. The summed E-state index contributed by atoms with van der Waals surface area (Å²) in [5.74, 6) is 0.187. The Morgan fingerprint density at radius 3 is 2.71 bits per heavy atom. The number of nitrogens with zero attached hydrogens (tertiary/aromatic N) is 1. The van der Waals surface area contributed by atoms with Crippen molar-refractivity contribution in [1.82, 2.24) is 9.97 Å². The minimum Gasteiger partial charge on any atom is -0.398 e. The molecule has 0 saturated heterocycles. The summed E-state index contributed by atoms with van der Waals surface area (Å²) in [6.45, 7) is 0. The topological polar surface area (TPSA) is 97.8 Å². The summed E-state index contributed by atoms with van der Waals surface area (Å²) >= 11 is 4.58. The molecule has 0 atom stereocenters. The third kappa shape index (κ3) is 3.01. The number of nitrogens with two attached hydrogens (primary N) is 2. The lowest BCUT2D eigenvalue weighted by Gasteiger charge is -2.05. The van der Waals surface area contributed by atoms with Gasteiger partial charge in [-0.2, -0.15) is 0 Å². The predicted octanol–water partition coefficient (Wildman–Crippen LogP) is 1.85. The van der Waals surface area contributed by atoms with E-state index in [0.717, 1.165) is 9.37 Å². The third-order valence-corrected chi connectivity index (χ3v) is 3.39. The van der Waals surface area contributed by atoms with Gasteiger partial charge in [-0.15, -0.1) is 0 Å². The average molecular weight is 313 g/mol. The van der Waals surface area contributed by atoms with Crippen LogP contribution in [0.3, 0.4) is 0 Å². The highest BCUT2D eigenvalue weighted by Gasteiger charge is 2.05. The van der Waals surface area contributed by atoms with Crippen LogP contribution in [0, 0.1) is 0 Å². The predicted molar refractivity (Wildman–Crippen MR) is 71.9 cm³/mol. The van der Waals surface area contributed by atoms with Crippen LogP contribution >= 0.6 is 27.7 Å². The number of nitrogen functional groups attached to an aromatic ring is 2. The Hall–Kier alpha value is -1.47. The molecule has 0 radical (unpaired) electrons. The zero-order chi connectivity index (χ0) is 12.4. The van der Waals surface area contributed by atoms with Crippen LogP contribution in [0.5, 0.6) is 0 Å². The Morgan fingerprint density at radius 1 is 1.29 bits per heavy atom. The first kappa shape index (κ1) is 12.0. The maximum Gasteiger partial charge on any atom is 0.253 e. The van der Waals surface area contributed by atoms with Gasteiger partial charge in [0.2, 0.25) is 0 Å². The molecule has 1 heterocycles. The molecule has 0 spiro atoms. The molecule has 1 aromatic heterocycles. The van der Waals surface area contributed by atoms with Crippen molar-refractivity contribution in [3.05, 3.63) is 39.1 Å². The summed E-state index contributed by atoms with van der Waals surface area (Å²) in [6, 6.07) is 6.72. The maximum atomic E-state index is 11.2. The molecule has 1 aromatic carbocycles. The monoisotopic (exact) mass is 312 g/mol. The van der Waals surface area contributed by atoms with Gasteiger partial charge in [0.1, 0.15) is 5.82 Å². The van der Waals surface area contributed by atoms with E-state index >= 15 is 0 Å². The number of benzene rings is 1. The summed E-state index contributed by atoms with van der Waals surface area (Å²) in [6.07, 6.45) is 0. The molecular weight excluding hydrogens is 304 g/mol. The first-order valence-corrected chi connectivity index (χ1v) is 6.25. The number of H-pyrrole nitrogens is 1. The summed E-state index contributed by atoms with van der Waals surface area (Å²) in [5.41, 5.74) is 11.7. The summed E-state index contributed by atoms with van der Waals surface area (Å²) in [5, 5.41) is 0.420. The lowest BCUT2D eigenvalue weighted by Crippen LogP contribution is -2.09. The third-order valence-electron chi connectivity index (χ3n) is 1.92. The number of anilines is 2. The number of hydrogen-bond acceptors (Lipinski definition) is 5. The van der Waals surface area contributed by atoms with Crippen LogP contribution in [0.2, 0.25) is 0 Å². The Labute approximate surface area is 110 Å². The SMILES string of the molecule is Nc1cc(=O)[nH]c(Sc2ccc(Br)cc2N)n1. The van der Waals surface area contributed by atoms with Gasteiger partial charge in [0.05, 0.1) is 0 Å². The Bertz CT molecular complexity index is 613. The minimum absolute atomic E-state index is 0.187. The molecule has 0 saturated carbocycles. The molecule has 0 aliphatic carbocycles. The summed E-state index contributed by atoms with van der Waals surface area (Å²) in [4.78, 5) is 18.6. The molecule has 2 aromatic rings. The fourth-order valence-electron chi connectivity index (χ4n) is 1.22. The molecule has 0 amide bonds. The number of rotatable bonds is 2. The van der Waals surface area contributed by atoms with E-state index in [1.54, 1.807) is 6.07 Å². The molecule has 7 heteroatoms. The highest BCUT2D eigenvalue weighted by atomic mass is 79.9. The molecule has 5 nitrogen and oxygen atoms in total. The second-order valence-corrected chi connectivity index (χ2v) is 5.21. The van der Waals surface area contributed by atoms with Crippen LogP contribution in [-0.2, 0) is 0 Å². The Balaban J connectivity index is 2.34. The van der Waals surface area contributed by atoms with Crippen LogP contribution < -0.4 is 17.0 Å². The number of halogens is 1. The molecule has 5 N–H and O–H groups in total. The van der Waals surface area contributed by atoms with Crippen molar-refractivity contribution in [2.24, 2.45) is 0 Å². The number of hydrogen-bond donors (Lipinski definition) is 3. The van der Waals surface area contributed by atoms with Crippen molar-refractivity contribution in [2.75, 3.05) is 11.5 Å². The van der Waals surface area contributed by atoms with Gasteiger partial charge in [0.15, 0.2) is 5.16 Å². The van der Waals surface area contributed by atoms with Gasteiger partial charge in [0.25, 0.3) is 5.56 Å². The second kappa shape index (κ2) is 4.80. The van der Waals surface area contributed by atoms with E-state index in [-0.39, 0.29) is 11.4 Å². The zero-order valence-corrected chi connectivity index (χ0v) is 11.0. The number of nitrogens with one attached hydrogen (secondary N) is 1. The van der Waals surface area contributed by atoms with Gasteiger partial charge in [-0.1, -0.05) is 15.9 Å². The largest absolute Gasteiger partial charge is 0.398 e. The lowest BCUT2D eigenvalue weighted by atomic mass is 10.3. The smallest absolute Gasteiger partial charge is 0.253 e. The zero-order valence-electron chi connectivity index (χ0n) is 8.61. The van der Waals surface area contributed by atoms with Gasteiger partial charge < -0.3 is 16.5 Å². The highest BCUT2D eigenvalue weighted by Crippen LogP contribution is 2.31. The molecule has 0 aliphatic rings. The van der Waals surface area contributed by atoms with Crippen molar-refractivity contribution in [3.8, 4) is 0 Å². The van der Waals surface area contributed by atoms with Crippen LogP contribution in [0.1, 0.15) is 0 Å². The molecular formula is C10H9BrN4OS. The van der Waals surface area contributed by atoms with Crippen molar-refractivity contribution in [3.63, 3.8) is 0 Å². The molecule has 0 fully saturated rings. The fourth-order valence-corrected chi connectivity index (χ4v) is 2.42. The van der Waals surface area contributed by atoms with Gasteiger partial charge in [-0.25, -0.2) is 4.98 Å². The van der Waals surface area contributed by atoms with Gasteiger partial charge in [-0.05, 0) is 30.0 Å². The molecule has 0 bridgehead atoms. The van der Waals surface area contributed by atoms with E-state index in [4.69, 9.17) is 11.5 Å². The normalized spacial score (nSPS) is 10.4.